The first-order chi connectivity index (χ1) is 12.2. The average Bonchev–Trinajstić information content (AvgIpc) is 3.13. The topological polar surface area (TPSA) is 64.1 Å². The van der Waals surface area contributed by atoms with E-state index in [4.69, 9.17) is 14.2 Å². The normalized spacial score (nSPS) is 18.1. The molecule has 1 aromatic carbocycles. The number of nitrogens with zero attached hydrogens (tertiary/aromatic N) is 1. The standard InChI is InChI=1S/C18H28FN3O3.HI/c1-14(25-16-6-4-15(19)5-7-16)12-22-18(20-2)21-9-3-10-24-17-8-11-23-13-17;/h4-7,14,17H,3,8-13H2,1-2H3,(H2,20,21,22);1H. The number of hydrogen-bond acceptors (Lipinski definition) is 4. The molecular weight excluding hydrogens is 452 g/mol. The van der Waals surface area contributed by atoms with E-state index in [1.54, 1.807) is 19.2 Å². The van der Waals surface area contributed by atoms with Gasteiger partial charge in [0, 0.05) is 26.8 Å². The van der Waals surface area contributed by atoms with Gasteiger partial charge in [0.25, 0.3) is 0 Å². The molecule has 1 aliphatic heterocycles. The van der Waals surface area contributed by atoms with Crippen LogP contribution in [-0.4, -0.2) is 58.1 Å². The number of guanidine groups is 1. The zero-order chi connectivity index (χ0) is 17.9. The van der Waals surface area contributed by atoms with Gasteiger partial charge >= 0.3 is 0 Å². The Bertz CT molecular complexity index is 525. The molecule has 0 aromatic heterocycles. The average molecular weight is 481 g/mol. The third-order valence-corrected chi connectivity index (χ3v) is 3.79. The number of aliphatic imine (C=N–C) groups is 1. The van der Waals surface area contributed by atoms with Crippen molar-refractivity contribution in [2.75, 3.05) is 40.0 Å². The van der Waals surface area contributed by atoms with Crippen molar-refractivity contribution in [1.82, 2.24) is 10.6 Å². The highest BCUT2D eigenvalue weighted by molar-refractivity contribution is 14.0. The molecule has 2 rings (SSSR count). The van der Waals surface area contributed by atoms with Gasteiger partial charge in [-0.3, -0.25) is 4.99 Å². The van der Waals surface area contributed by atoms with Crippen LogP contribution in [0.4, 0.5) is 4.39 Å². The van der Waals surface area contributed by atoms with Crippen LogP contribution < -0.4 is 15.4 Å². The Morgan fingerprint density at radius 3 is 2.77 bits per heavy atom. The Morgan fingerprint density at radius 2 is 2.12 bits per heavy atom. The van der Waals surface area contributed by atoms with Crippen molar-refractivity contribution in [3.8, 4) is 5.75 Å². The maximum absolute atomic E-state index is 12.9. The van der Waals surface area contributed by atoms with Crippen LogP contribution >= 0.6 is 24.0 Å². The van der Waals surface area contributed by atoms with Crippen molar-refractivity contribution in [3.05, 3.63) is 30.1 Å². The lowest BCUT2D eigenvalue weighted by Crippen LogP contribution is -2.42. The van der Waals surface area contributed by atoms with Gasteiger partial charge in [-0.2, -0.15) is 0 Å². The molecule has 148 valence electrons. The van der Waals surface area contributed by atoms with Crippen LogP contribution in [0.2, 0.25) is 0 Å². The van der Waals surface area contributed by atoms with Gasteiger partial charge in [0.15, 0.2) is 5.96 Å². The van der Waals surface area contributed by atoms with Gasteiger partial charge in [0.05, 0.1) is 19.3 Å². The second kappa shape index (κ2) is 13.1. The number of halogens is 2. The summed E-state index contributed by atoms with van der Waals surface area (Å²) in [4.78, 5) is 4.18. The first-order valence-electron chi connectivity index (χ1n) is 8.73. The van der Waals surface area contributed by atoms with E-state index >= 15 is 0 Å². The Kier molecular flexibility index (Phi) is 11.5. The largest absolute Gasteiger partial charge is 0.489 e. The second-order valence-electron chi connectivity index (χ2n) is 5.97. The molecule has 0 radical (unpaired) electrons. The molecule has 8 heteroatoms. The van der Waals surface area contributed by atoms with Crippen molar-refractivity contribution in [2.24, 2.45) is 4.99 Å². The molecule has 1 aliphatic rings. The van der Waals surface area contributed by atoms with Crippen LogP contribution in [0, 0.1) is 5.82 Å². The van der Waals surface area contributed by atoms with Crippen LogP contribution in [0.1, 0.15) is 19.8 Å². The summed E-state index contributed by atoms with van der Waals surface area (Å²) in [5, 5.41) is 6.46. The summed E-state index contributed by atoms with van der Waals surface area (Å²) in [5.41, 5.74) is 0. The van der Waals surface area contributed by atoms with E-state index in [-0.39, 0.29) is 42.0 Å². The molecule has 1 heterocycles. The zero-order valence-electron chi connectivity index (χ0n) is 15.4. The van der Waals surface area contributed by atoms with Gasteiger partial charge in [0.2, 0.25) is 0 Å². The molecule has 0 aliphatic carbocycles. The summed E-state index contributed by atoms with van der Waals surface area (Å²) in [6.45, 7) is 5.54. The van der Waals surface area contributed by atoms with Crippen molar-refractivity contribution >= 4 is 29.9 Å². The van der Waals surface area contributed by atoms with Crippen molar-refractivity contribution in [3.63, 3.8) is 0 Å². The van der Waals surface area contributed by atoms with E-state index in [0.717, 1.165) is 32.0 Å². The molecule has 0 saturated carbocycles. The van der Waals surface area contributed by atoms with Crippen LogP contribution in [0.5, 0.6) is 5.75 Å². The Balaban J connectivity index is 0.00000338. The smallest absolute Gasteiger partial charge is 0.191 e. The van der Waals surface area contributed by atoms with Crippen LogP contribution in [-0.2, 0) is 9.47 Å². The fraction of sp³-hybridized carbons (Fsp3) is 0.611. The van der Waals surface area contributed by atoms with Crippen LogP contribution in [0.25, 0.3) is 0 Å². The highest BCUT2D eigenvalue weighted by atomic mass is 127. The number of benzene rings is 1. The monoisotopic (exact) mass is 481 g/mol. The quantitative estimate of drug-likeness (QED) is 0.246. The van der Waals surface area contributed by atoms with Crippen molar-refractivity contribution < 1.29 is 18.6 Å². The minimum absolute atomic E-state index is 0. The van der Waals surface area contributed by atoms with E-state index in [9.17, 15) is 4.39 Å². The number of rotatable bonds is 9. The third kappa shape index (κ3) is 9.00. The second-order valence-corrected chi connectivity index (χ2v) is 5.97. The molecule has 0 amide bonds. The van der Waals surface area contributed by atoms with Crippen LogP contribution in [0.15, 0.2) is 29.3 Å². The lowest BCUT2D eigenvalue weighted by molar-refractivity contribution is 0.0420. The summed E-state index contributed by atoms with van der Waals surface area (Å²) in [5.74, 6) is 1.10. The highest BCUT2D eigenvalue weighted by Gasteiger charge is 2.15. The van der Waals surface area contributed by atoms with Gasteiger partial charge in [-0.25, -0.2) is 4.39 Å². The first-order valence-corrected chi connectivity index (χ1v) is 8.73. The van der Waals surface area contributed by atoms with E-state index in [1.165, 1.54) is 12.1 Å². The molecule has 2 atom stereocenters. The molecule has 1 saturated heterocycles. The lowest BCUT2D eigenvalue weighted by Gasteiger charge is -2.18. The molecule has 1 fully saturated rings. The number of hydrogen-bond donors (Lipinski definition) is 2. The Hall–Kier alpha value is -1.13. The fourth-order valence-corrected chi connectivity index (χ4v) is 2.42. The summed E-state index contributed by atoms with van der Waals surface area (Å²) < 4.78 is 29.6. The maximum Gasteiger partial charge on any atom is 0.191 e. The lowest BCUT2D eigenvalue weighted by atomic mass is 10.3. The summed E-state index contributed by atoms with van der Waals surface area (Å²) >= 11 is 0. The molecule has 6 nitrogen and oxygen atoms in total. The van der Waals surface area contributed by atoms with Gasteiger partial charge in [-0.1, -0.05) is 0 Å². The Labute approximate surface area is 171 Å². The maximum atomic E-state index is 12.9. The third-order valence-electron chi connectivity index (χ3n) is 3.79. The number of ether oxygens (including phenoxy) is 3. The fourth-order valence-electron chi connectivity index (χ4n) is 2.42. The molecular formula is C18H29FIN3O3. The van der Waals surface area contributed by atoms with Gasteiger partial charge in [-0.05, 0) is 44.0 Å². The molecule has 2 unspecified atom stereocenters. The molecule has 0 spiro atoms. The van der Waals surface area contributed by atoms with E-state index in [0.29, 0.717) is 25.5 Å². The van der Waals surface area contributed by atoms with E-state index < -0.39 is 0 Å². The summed E-state index contributed by atoms with van der Waals surface area (Å²) in [6.07, 6.45) is 2.07. The highest BCUT2D eigenvalue weighted by Crippen LogP contribution is 2.12. The van der Waals surface area contributed by atoms with Gasteiger partial charge < -0.3 is 24.8 Å². The predicted molar refractivity (Wildman–Crippen MR) is 111 cm³/mol. The zero-order valence-corrected chi connectivity index (χ0v) is 17.7. The minimum atomic E-state index is -0.271. The SMILES string of the molecule is CN=C(NCCCOC1CCOC1)NCC(C)Oc1ccc(F)cc1.I. The van der Waals surface area contributed by atoms with Gasteiger partial charge in [-0.15, -0.1) is 24.0 Å². The predicted octanol–water partition coefficient (Wildman–Crippen LogP) is 2.57. The van der Waals surface area contributed by atoms with Crippen LogP contribution in [0.3, 0.4) is 0 Å². The first kappa shape index (κ1) is 22.9. The molecule has 1 aromatic rings. The molecule has 0 bridgehead atoms. The Morgan fingerprint density at radius 1 is 1.35 bits per heavy atom. The van der Waals surface area contributed by atoms with Crippen molar-refractivity contribution in [2.45, 2.75) is 32.0 Å². The summed E-state index contributed by atoms with van der Waals surface area (Å²) in [7, 11) is 1.73. The summed E-state index contributed by atoms with van der Waals surface area (Å²) in [6, 6.07) is 6.01. The molecule has 26 heavy (non-hydrogen) atoms. The van der Waals surface area contributed by atoms with E-state index in [1.807, 2.05) is 6.92 Å². The minimum Gasteiger partial charge on any atom is -0.489 e. The number of nitrogens with one attached hydrogen (secondary N) is 2. The van der Waals surface area contributed by atoms with Gasteiger partial charge in [0.1, 0.15) is 17.7 Å². The molecule has 2 N–H and O–H groups in total. The van der Waals surface area contributed by atoms with E-state index in [2.05, 4.69) is 15.6 Å². The van der Waals surface area contributed by atoms with Crippen molar-refractivity contribution in [1.29, 1.82) is 0 Å².